The monoisotopic (exact) mass is 784 g/mol. The van der Waals surface area contributed by atoms with E-state index in [4.69, 9.17) is 0 Å². The summed E-state index contributed by atoms with van der Waals surface area (Å²) in [6, 6.07) is 89.3. The Morgan fingerprint density at radius 1 is 0.145 bits per heavy atom. The van der Waals surface area contributed by atoms with Crippen LogP contribution in [-0.2, 0) is 0 Å². The summed E-state index contributed by atoms with van der Waals surface area (Å²) in [7, 11) is 0. The highest BCUT2D eigenvalue weighted by Crippen LogP contribution is 2.47. The van der Waals surface area contributed by atoms with E-state index in [1.165, 1.54) is 121 Å². The van der Waals surface area contributed by atoms with Gasteiger partial charge >= 0.3 is 0 Å². The van der Waals surface area contributed by atoms with Gasteiger partial charge in [0.1, 0.15) is 0 Å². The summed E-state index contributed by atoms with van der Waals surface area (Å²) < 4.78 is 0. The molecule has 288 valence electrons. The largest absolute Gasteiger partial charge is 0.0622 e. The number of rotatable bonds is 6. The lowest BCUT2D eigenvalue weighted by atomic mass is 9.84. The molecule has 0 N–H and O–H groups in total. The summed E-state index contributed by atoms with van der Waals surface area (Å²) in [6.45, 7) is 0. The van der Waals surface area contributed by atoms with Gasteiger partial charge in [0.05, 0.1) is 0 Å². The van der Waals surface area contributed by atoms with Crippen LogP contribution < -0.4 is 0 Å². The summed E-state index contributed by atoms with van der Waals surface area (Å²) in [5.41, 5.74) is 14.6. The van der Waals surface area contributed by atoms with Crippen LogP contribution in [0.15, 0.2) is 243 Å². The smallest absolute Gasteiger partial charge is 0.00139 e. The Kier molecular flexibility index (Phi) is 8.61. The van der Waals surface area contributed by atoms with Crippen molar-refractivity contribution in [2.45, 2.75) is 0 Å². The van der Waals surface area contributed by atoms with Gasteiger partial charge in [0, 0.05) is 0 Å². The van der Waals surface area contributed by atoms with Gasteiger partial charge in [-0.25, -0.2) is 0 Å². The summed E-state index contributed by atoms with van der Waals surface area (Å²) in [6.07, 6.45) is 0. The molecular weight excluding hydrogens is 745 g/mol. The molecule has 0 atom stereocenters. The highest BCUT2D eigenvalue weighted by atomic mass is 14.2. The Balaban J connectivity index is 1.12. The van der Waals surface area contributed by atoms with Crippen molar-refractivity contribution in [2.24, 2.45) is 0 Å². The minimum absolute atomic E-state index is 1.21. The molecule has 0 aromatic heterocycles. The van der Waals surface area contributed by atoms with E-state index in [0.29, 0.717) is 0 Å². The maximum absolute atomic E-state index is 2.44. The molecule has 0 spiro atoms. The van der Waals surface area contributed by atoms with Crippen LogP contribution in [-0.4, -0.2) is 0 Å². The van der Waals surface area contributed by atoms with E-state index in [-0.39, 0.29) is 0 Å². The van der Waals surface area contributed by atoms with Crippen molar-refractivity contribution < 1.29 is 0 Å². The van der Waals surface area contributed by atoms with E-state index >= 15 is 0 Å². The molecule has 0 saturated carbocycles. The highest BCUT2D eigenvalue weighted by Gasteiger charge is 2.19. The molecule has 0 heteroatoms. The van der Waals surface area contributed by atoms with Crippen molar-refractivity contribution in [1.29, 1.82) is 0 Å². The third kappa shape index (κ3) is 5.99. The Labute approximate surface area is 361 Å². The topological polar surface area (TPSA) is 0 Å². The van der Waals surface area contributed by atoms with Crippen molar-refractivity contribution in [3.8, 4) is 66.8 Å². The third-order valence-electron chi connectivity index (χ3n) is 12.8. The van der Waals surface area contributed by atoms with Crippen molar-refractivity contribution in [3.63, 3.8) is 0 Å². The first-order chi connectivity index (χ1) is 30.8. The first-order valence-corrected chi connectivity index (χ1v) is 21.5. The van der Waals surface area contributed by atoms with Crippen molar-refractivity contribution >= 4 is 53.9 Å². The normalized spacial score (nSPS) is 11.5. The zero-order valence-corrected chi connectivity index (χ0v) is 34.1. The molecule has 0 saturated heterocycles. The Morgan fingerprint density at radius 3 is 0.839 bits per heavy atom. The summed E-state index contributed by atoms with van der Waals surface area (Å²) >= 11 is 0. The zero-order valence-electron chi connectivity index (χ0n) is 34.1. The minimum atomic E-state index is 1.21. The first kappa shape index (κ1) is 35.8. The molecule has 0 radical (unpaired) electrons. The van der Waals surface area contributed by atoms with Crippen LogP contribution in [0.4, 0.5) is 0 Å². The quantitative estimate of drug-likeness (QED) is 0.147. The predicted molar refractivity (Wildman–Crippen MR) is 267 cm³/mol. The summed E-state index contributed by atoms with van der Waals surface area (Å²) in [5.74, 6) is 0. The highest BCUT2D eigenvalue weighted by molar-refractivity contribution is 6.39. The molecule has 0 aliphatic rings. The average Bonchev–Trinajstić information content (AvgIpc) is 3.36. The fourth-order valence-corrected chi connectivity index (χ4v) is 9.93. The van der Waals surface area contributed by atoms with E-state index < -0.39 is 0 Å². The molecule has 0 unspecified atom stereocenters. The van der Waals surface area contributed by atoms with Crippen LogP contribution in [0.3, 0.4) is 0 Å². The molecule has 12 aromatic rings. The van der Waals surface area contributed by atoms with Gasteiger partial charge in [-0.1, -0.05) is 218 Å². The fourth-order valence-electron chi connectivity index (χ4n) is 9.93. The SMILES string of the molecule is c1ccc(-c2ccc(-c3ccccc3)c(-c3ccc4c(c3)c3ccccc3c3c5ccc(-c6cc(-c7ccccc7)ccc6-c6ccccc6)cc5c5ccccc5c43)c2)cc1. The van der Waals surface area contributed by atoms with E-state index in [1.54, 1.807) is 0 Å². The van der Waals surface area contributed by atoms with Crippen LogP contribution in [0, 0.1) is 0 Å². The molecule has 0 aliphatic carbocycles. The molecule has 0 fully saturated rings. The van der Waals surface area contributed by atoms with Crippen molar-refractivity contribution in [1.82, 2.24) is 0 Å². The Bertz CT molecular complexity index is 3400. The Morgan fingerprint density at radius 2 is 0.452 bits per heavy atom. The van der Waals surface area contributed by atoms with Crippen LogP contribution in [0.1, 0.15) is 0 Å². The molecule has 0 nitrogen and oxygen atoms in total. The minimum Gasteiger partial charge on any atom is -0.0622 e. The van der Waals surface area contributed by atoms with Gasteiger partial charge in [0.15, 0.2) is 0 Å². The maximum Gasteiger partial charge on any atom is -0.00139 e. The molecule has 62 heavy (non-hydrogen) atoms. The van der Waals surface area contributed by atoms with Crippen LogP contribution in [0.5, 0.6) is 0 Å². The number of hydrogen-bond acceptors (Lipinski definition) is 0. The predicted octanol–water partition coefficient (Wildman–Crippen LogP) is 17.5. The second-order valence-electron chi connectivity index (χ2n) is 16.3. The van der Waals surface area contributed by atoms with Crippen LogP contribution >= 0.6 is 0 Å². The van der Waals surface area contributed by atoms with Gasteiger partial charge in [-0.2, -0.15) is 0 Å². The van der Waals surface area contributed by atoms with Crippen molar-refractivity contribution in [2.75, 3.05) is 0 Å². The van der Waals surface area contributed by atoms with Gasteiger partial charge in [0.2, 0.25) is 0 Å². The molecule has 0 aliphatic heterocycles. The fraction of sp³-hybridized carbons (Fsp3) is 0. The molecule has 0 bridgehead atoms. The van der Waals surface area contributed by atoms with Gasteiger partial charge in [0.25, 0.3) is 0 Å². The number of hydrogen-bond donors (Lipinski definition) is 0. The van der Waals surface area contributed by atoms with Gasteiger partial charge in [-0.3, -0.25) is 0 Å². The van der Waals surface area contributed by atoms with E-state index in [1.807, 2.05) is 0 Å². The molecule has 12 rings (SSSR count). The lowest BCUT2D eigenvalue weighted by molar-refractivity contribution is 1.57. The maximum atomic E-state index is 2.44. The van der Waals surface area contributed by atoms with E-state index in [0.717, 1.165) is 0 Å². The van der Waals surface area contributed by atoms with E-state index in [2.05, 4.69) is 243 Å². The molecular formula is C62H40. The van der Waals surface area contributed by atoms with Gasteiger partial charge in [-0.15, -0.1) is 0 Å². The second-order valence-corrected chi connectivity index (χ2v) is 16.3. The first-order valence-electron chi connectivity index (χ1n) is 21.5. The van der Waals surface area contributed by atoms with Crippen LogP contribution in [0.2, 0.25) is 0 Å². The van der Waals surface area contributed by atoms with Crippen LogP contribution in [0.25, 0.3) is 121 Å². The second kappa shape index (κ2) is 14.9. The number of benzene rings is 12. The molecule has 12 aromatic carbocycles. The molecule has 0 amide bonds. The lowest BCUT2D eigenvalue weighted by Crippen LogP contribution is -1.92. The van der Waals surface area contributed by atoms with E-state index in [9.17, 15) is 0 Å². The average molecular weight is 785 g/mol. The van der Waals surface area contributed by atoms with Crippen molar-refractivity contribution in [3.05, 3.63) is 243 Å². The zero-order chi connectivity index (χ0) is 41.0. The lowest BCUT2D eigenvalue weighted by Gasteiger charge is -2.19. The van der Waals surface area contributed by atoms with Gasteiger partial charge in [-0.05, 0) is 145 Å². The Hall–Kier alpha value is -8.06. The summed E-state index contributed by atoms with van der Waals surface area (Å²) in [4.78, 5) is 0. The summed E-state index contributed by atoms with van der Waals surface area (Å²) in [5, 5.41) is 12.7. The number of fused-ring (bicyclic) bond motifs is 11. The standard InChI is InChI=1S/C62H40/c1-5-17-41(18-6-1)45-29-33-49(43-21-9-3-10-22-43)57(37-45)47-31-35-55-59(39-47)51-25-13-15-27-53(51)62-56-36-32-48(40-60(56)52-26-14-16-28-54(52)61(55)62)58-38-46(42-19-7-2-8-20-42)30-34-50(58)44-23-11-4-12-24-44/h1-40H. The third-order valence-corrected chi connectivity index (χ3v) is 12.8. The van der Waals surface area contributed by atoms with Gasteiger partial charge < -0.3 is 0 Å². The molecule has 0 heterocycles.